The summed E-state index contributed by atoms with van der Waals surface area (Å²) in [6.07, 6.45) is 0.224. The molecule has 0 aliphatic rings. The van der Waals surface area contributed by atoms with E-state index in [0.29, 0.717) is 13.7 Å². The molecule has 0 saturated heterocycles. The van der Waals surface area contributed by atoms with Crippen LogP contribution in [0.15, 0.2) is 44.1 Å². The normalized spacial score (nSPS) is 9.94. The zero-order chi connectivity index (χ0) is 24.4. The predicted molar refractivity (Wildman–Crippen MR) is 105 cm³/mol. The van der Waals surface area contributed by atoms with Gasteiger partial charge in [0.15, 0.2) is 0 Å². The first-order chi connectivity index (χ1) is 15.0. The molecule has 32 heavy (non-hydrogen) atoms. The average molecular weight is 452 g/mol. The first kappa shape index (κ1) is 25.7. The van der Waals surface area contributed by atoms with E-state index in [-0.39, 0.29) is 12.0 Å². The molecule has 0 N–H and O–H groups in total. The van der Waals surface area contributed by atoms with Crippen LogP contribution in [0.1, 0.15) is 19.8 Å². The van der Waals surface area contributed by atoms with Crippen LogP contribution < -0.4 is 17.1 Å². The molecule has 1 aromatic rings. The summed E-state index contributed by atoms with van der Waals surface area (Å²) in [6, 6.07) is 0. The van der Waals surface area contributed by atoms with Gasteiger partial charge < -0.3 is 14.2 Å². The number of hydrogen-bond donors (Lipinski definition) is 0. The highest BCUT2D eigenvalue weighted by Gasteiger charge is 2.18. The number of nitrogens with zero attached hydrogens (tertiary/aromatic N) is 4. The van der Waals surface area contributed by atoms with Crippen LogP contribution >= 0.6 is 0 Å². The maximum Gasteiger partial charge on any atom is 0.340 e. The topological polar surface area (TPSA) is 174 Å². The third-order valence-electron chi connectivity index (χ3n) is 3.75. The van der Waals surface area contributed by atoms with Crippen molar-refractivity contribution in [1.29, 1.82) is 0 Å². The van der Waals surface area contributed by atoms with Gasteiger partial charge in [-0.25, -0.2) is 37.7 Å². The van der Waals surface area contributed by atoms with Crippen molar-refractivity contribution in [1.82, 2.24) is 13.7 Å². The van der Waals surface area contributed by atoms with Crippen LogP contribution in [0.2, 0.25) is 0 Å². The molecule has 0 spiro atoms. The number of carbonyl (C=O) groups is 3. The lowest BCUT2D eigenvalue weighted by Crippen LogP contribution is -2.54. The fourth-order valence-electron chi connectivity index (χ4n) is 2.18. The Kier molecular flexibility index (Phi) is 9.45. The van der Waals surface area contributed by atoms with Gasteiger partial charge in [-0.3, -0.25) is 9.59 Å². The molecule has 0 bridgehead atoms. The van der Waals surface area contributed by atoms with E-state index in [2.05, 4.69) is 32.4 Å². The summed E-state index contributed by atoms with van der Waals surface area (Å²) in [5, 5.41) is 0. The molecule has 1 rings (SSSR count). The Morgan fingerprint density at radius 1 is 0.906 bits per heavy atom. The maximum atomic E-state index is 12.6. The van der Waals surface area contributed by atoms with Gasteiger partial charge in [0, 0.05) is 18.7 Å². The summed E-state index contributed by atoms with van der Waals surface area (Å²) < 4.78 is 15.2. The summed E-state index contributed by atoms with van der Waals surface area (Å²) in [4.78, 5) is 85.7. The second kappa shape index (κ2) is 11.8. The van der Waals surface area contributed by atoms with Gasteiger partial charge in [-0.2, -0.15) is 4.99 Å². The Hall–Kier alpha value is -4.32. The van der Waals surface area contributed by atoms with Crippen molar-refractivity contribution in [3.8, 4) is 0 Å². The molecule has 1 heterocycles. The predicted octanol–water partition coefficient (Wildman–Crippen LogP) is -1.45. The van der Waals surface area contributed by atoms with Crippen LogP contribution in [0.25, 0.3) is 0 Å². The first-order valence-corrected chi connectivity index (χ1v) is 8.85. The molecule has 0 aliphatic carbocycles. The Morgan fingerprint density at radius 3 is 1.88 bits per heavy atom. The van der Waals surface area contributed by atoms with Gasteiger partial charge in [-0.1, -0.05) is 6.58 Å². The zero-order valence-corrected chi connectivity index (χ0v) is 17.3. The molecule has 14 nitrogen and oxygen atoms in total. The minimum Gasteiger partial charge on any atom is -0.469 e. The lowest BCUT2D eigenvalue weighted by atomic mass is 10.4. The molecule has 0 aliphatic heterocycles. The fraction of sp³-hybridized carbons (Fsp3) is 0.389. The van der Waals surface area contributed by atoms with Gasteiger partial charge in [0.05, 0.1) is 20.0 Å². The molecular formula is C18H20N4O10. The fourth-order valence-corrected chi connectivity index (χ4v) is 2.18. The van der Waals surface area contributed by atoms with E-state index in [1.54, 1.807) is 0 Å². The first-order valence-electron chi connectivity index (χ1n) is 8.85. The smallest absolute Gasteiger partial charge is 0.340 e. The molecule has 0 fully saturated rings. The molecule has 0 atom stereocenters. The van der Waals surface area contributed by atoms with Crippen molar-refractivity contribution < 1.29 is 33.4 Å². The second-order valence-corrected chi connectivity index (χ2v) is 6.06. The van der Waals surface area contributed by atoms with Crippen LogP contribution in [0.4, 0.5) is 0 Å². The highest BCUT2D eigenvalue weighted by molar-refractivity contribution is 5.87. The summed E-state index contributed by atoms with van der Waals surface area (Å²) >= 11 is 0. The van der Waals surface area contributed by atoms with Gasteiger partial charge in [-0.15, -0.1) is 0 Å². The molecule has 172 valence electrons. The molecule has 0 saturated carbocycles. The van der Waals surface area contributed by atoms with E-state index in [9.17, 15) is 33.6 Å². The maximum absolute atomic E-state index is 12.6. The molecule has 0 radical (unpaired) electrons. The molecule has 14 heteroatoms. The largest absolute Gasteiger partial charge is 0.469 e. The number of aromatic nitrogens is 3. The Balaban J connectivity index is 3.16. The summed E-state index contributed by atoms with van der Waals surface area (Å²) in [7, 11) is 1.11. The van der Waals surface area contributed by atoms with Crippen molar-refractivity contribution in [2.24, 2.45) is 4.99 Å². The van der Waals surface area contributed by atoms with E-state index in [1.165, 1.54) is 6.92 Å². The number of carbonyl (C=O) groups excluding carboxylic acids is 4. The van der Waals surface area contributed by atoms with E-state index in [0.717, 1.165) is 13.2 Å². The van der Waals surface area contributed by atoms with E-state index in [4.69, 9.17) is 0 Å². The van der Waals surface area contributed by atoms with Gasteiger partial charge in [0.2, 0.25) is 6.08 Å². The standard InChI is InChI=1S/C18H20N4O10/c1-11(2)15(26)32-12(3)31-14(25)6-8-21-16(27)20(7-5-13(24)30-4)17(28)22(18(21)29)9-19-10-23/h1,3,5-9H2,2,4H3. The van der Waals surface area contributed by atoms with Crippen molar-refractivity contribution >= 4 is 24.0 Å². The SMILES string of the molecule is C=C(OC(=O)CCn1c(=O)n(CCC(=O)OC)c(=O)n(CN=C=O)c1=O)OC(=O)C(=C)C. The minimum atomic E-state index is -1.16. The highest BCUT2D eigenvalue weighted by atomic mass is 16.7. The van der Waals surface area contributed by atoms with Crippen LogP contribution in [0, 0.1) is 0 Å². The van der Waals surface area contributed by atoms with E-state index < -0.39 is 67.1 Å². The Morgan fingerprint density at radius 2 is 1.41 bits per heavy atom. The molecule has 0 aromatic carbocycles. The lowest BCUT2D eigenvalue weighted by molar-refractivity contribution is -0.151. The van der Waals surface area contributed by atoms with Gasteiger partial charge in [-0.05, 0) is 13.5 Å². The van der Waals surface area contributed by atoms with Gasteiger partial charge >= 0.3 is 35.0 Å². The molecule has 0 unspecified atom stereocenters. The van der Waals surface area contributed by atoms with Crippen molar-refractivity contribution in [3.05, 3.63) is 56.1 Å². The number of esters is 3. The Bertz CT molecular complexity index is 1160. The van der Waals surface area contributed by atoms with Crippen LogP contribution in [-0.2, 0) is 53.1 Å². The second-order valence-electron chi connectivity index (χ2n) is 6.06. The number of isocyanates is 1. The molecule has 0 amide bonds. The Labute approximate surface area is 179 Å². The lowest BCUT2D eigenvalue weighted by Gasteiger charge is -2.12. The van der Waals surface area contributed by atoms with Crippen LogP contribution in [-0.4, -0.2) is 44.8 Å². The van der Waals surface area contributed by atoms with Crippen molar-refractivity contribution in [2.45, 2.75) is 39.5 Å². The van der Waals surface area contributed by atoms with Crippen LogP contribution in [0.5, 0.6) is 0 Å². The van der Waals surface area contributed by atoms with Crippen molar-refractivity contribution in [3.63, 3.8) is 0 Å². The van der Waals surface area contributed by atoms with Gasteiger partial charge in [0.25, 0.3) is 5.95 Å². The quantitative estimate of drug-likeness (QED) is 0.127. The van der Waals surface area contributed by atoms with Crippen molar-refractivity contribution in [2.75, 3.05) is 7.11 Å². The number of methoxy groups -OCH3 is 1. The summed E-state index contributed by atoms with van der Waals surface area (Å²) in [5.41, 5.74) is -3.37. The average Bonchev–Trinajstić information content (AvgIpc) is 2.72. The molecule has 1 aromatic heterocycles. The van der Waals surface area contributed by atoms with Gasteiger partial charge in [0.1, 0.15) is 6.67 Å². The van der Waals surface area contributed by atoms with E-state index in [1.807, 2.05) is 0 Å². The number of aliphatic imine (C=N–C) groups is 1. The monoisotopic (exact) mass is 452 g/mol. The summed E-state index contributed by atoms with van der Waals surface area (Å²) in [5.74, 6) is -3.26. The zero-order valence-electron chi connectivity index (χ0n) is 17.3. The number of hydrogen-bond acceptors (Lipinski definition) is 11. The van der Waals surface area contributed by atoms with E-state index >= 15 is 0 Å². The third kappa shape index (κ3) is 6.88. The van der Waals surface area contributed by atoms with Crippen LogP contribution in [0.3, 0.4) is 0 Å². The molecular weight excluding hydrogens is 432 g/mol. The highest BCUT2D eigenvalue weighted by Crippen LogP contribution is 2.04. The minimum absolute atomic E-state index is 0.0292. The number of rotatable bonds is 11. The third-order valence-corrected chi connectivity index (χ3v) is 3.75. The number of ether oxygens (including phenoxy) is 3. The summed E-state index contributed by atoms with van der Waals surface area (Å²) in [6.45, 7) is 6.20.